The molecule has 0 heterocycles. The summed E-state index contributed by atoms with van der Waals surface area (Å²) in [4.78, 5) is 23.3. The Morgan fingerprint density at radius 3 is 2.32 bits per heavy atom. The molecule has 2 rings (SSSR count). The molecule has 0 saturated heterocycles. The number of carboxylic acids is 1. The Labute approximate surface area is 127 Å². The van der Waals surface area contributed by atoms with Crippen LogP contribution in [0.1, 0.15) is 57.8 Å². The van der Waals surface area contributed by atoms with Crippen LogP contribution < -0.4 is 5.32 Å². The normalized spacial score (nSPS) is 28.3. The van der Waals surface area contributed by atoms with Crippen LogP contribution >= 0.6 is 0 Å². The molecule has 7 heteroatoms. The molecule has 2 unspecified atom stereocenters. The smallest absolute Gasteiger partial charge is 0.391 e. The molecule has 0 aromatic heterocycles. The molecule has 0 aromatic carbocycles. The molecular weight excluding hydrogens is 299 g/mol. The number of carbonyl (C=O) groups excluding carboxylic acids is 1. The van der Waals surface area contributed by atoms with Gasteiger partial charge in [0, 0.05) is 5.92 Å². The van der Waals surface area contributed by atoms with Crippen molar-refractivity contribution < 1.29 is 27.9 Å². The van der Waals surface area contributed by atoms with E-state index in [-0.39, 0.29) is 19.3 Å². The van der Waals surface area contributed by atoms with Gasteiger partial charge in [-0.2, -0.15) is 13.2 Å². The fourth-order valence-electron chi connectivity index (χ4n) is 3.78. The third-order valence-electron chi connectivity index (χ3n) is 4.95. The van der Waals surface area contributed by atoms with Crippen LogP contribution in [0.3, 0.4) is 0 Å². The zero-order valence-electron chi connectivity index (χ0n) is 12.4. The van der Waals surface area contributed by atoms with Gasteiger partial charge in [0.2, 0.25) is 5.91 Å². The molecule has 0 aliphatic heterocycles. The van der Waals surface area contributed by atoms with Crippen molar-refractivity contribution in [3.8, 4) is 0 Å². The molecule has 0 spiro atoms. The highest BCUT2D eigenvalue weighted by atomic mass is 19.4. The SMILES string of the molecule is O=C(O)CC1(NC(=O)C2CCCC(C(F)(F)F)C2)CCCC1. The number of carboxylic acid groups (broad SMARTS) is 1. The first-order chi connectivity index (χ1) is 10.2. The first-order valence-corrected chi connectivity index (χ1v) is 7.82. The van der Waals surface area contributed by atoms with Crippen molar-refractivity contribution in [2.75, 3.05) is 0 Å². The number of carbonyl (C=O) groups is 2. The zero-order chi connectivity index (χ0) is 16.4. The van der Waals surface area contributed by atoms with E-state index in [1.807, 2.05) is 0 Å². The van der Waals surface area contributed by atoms with E-state index in [9.17, 15) is 22.8 Å². The monoisotopic (exact) mass is 321 g/mol. The van der Waals surface area contributed by atoms with E-state index in [1.54, 1.807) is 0 Å². The van der Waals surface area contributed by atoms with Gasteiger partial charge in [0.15, 0.2) is 0 Å². The van der Waals surface area contributed by atoms with Crippen molar-refractivity contribution in [2.24, 2.45) is 11.8 Å². The number of alkyl halides is 3. The summed E-state index contributed by atoms with van der Waals surface area (Å²) in [5.41, 5.74) is -0.770. The summed E-state index contributed by atoms with van der Waals surface area (Å²) in [6, 6.07) is 0. The maximum atomic E-state index is 12.8. The van der Waals surface area contributed by atoms with Crippen LogP contribution in [0.15, 0.2) is 0 Å². The van der Waals surface area contributed by atoms with Crippen molar-refractivity contribution in [2.45, 2.75) is 69.5 Å². The summed E-state index contributed by atoms with van der Waals surface area (Å²) in [6.07, 6.45) is -0.852. The Hall–Kier alpha value is -1.27. The minimum absolute atomic E-state index is 0.0769. The summed E-state index contributed by atoms with van der Waals surface area (Å²) >= 11 is 0. The maximum absolute atomic E-state index is 12.8. The Bertz CT molecular complexity index is 430. The van der Waals surface area contributed by atoms with Gasteiger partial charge >= 0.3 is 12.1 Å². The van der Waals surface area contributed by atoms with Crippen LogP contribution in [0.25, 0.3) is 0 Å². The maximum Gasteiger partial charge on any atom is 0.391 e. The van der Waals surface area contributed by atoms with Gasteiger partial charge in [-0.05, 0) is 32.1 Å². The predicted octanol–water partition coefficient (Wildman–Crippen LogP) is 3.26. The van der Waals surface area contributed by atoms with Crippen molar-refractivity contribution >= 4 is 11.9 Å². The van der Waals surface area contributed by atoms with Gasteiger partial charge in [0.05, 0.1) is 17.9 Å². The zero-order valence-corrected chi connectivity index (χ0v) is 12.4. The summed E-state index contributed by atoms with van der Waals surface area (Å²) in [5, 5.41) is 11.8. The molecule has 2 aliphatic rings. The number of hydrogen-bond acceptors (Lipinski definition) is 2. The third-order valence-corrected chi connectivity index (χ3v) is 4.95. The molecule has 2 atom stereocenters. The average Bonchev–Trinajstić information content (AvgIpc) is 2.85. The van der Waals surface area contributed by atoms with E-state index < -0.39 is 35.4 Å². The molecule has 2 fully saturated rings. The lowest BCUT2D eigenvalue weighted by atomic mass is 9.80. The minimum atomic E-state index is -4.26. The average molecular weight is 321 g/mol. The van der Waals surface area contributed by atoms with Gasteiger partial charge in [-0.3, -0.25) is 9.59 Å². The second-order valence-corrected chi connectivity index (χ2v) is 6.65. The van der Waals surface area contributed by atoms with Crippen LogP contribution in [-0.2, 0) is 9.59 Å². The minimum Gasteiger partial charge on any atom is -0.481 e. The van der Waals surface area contributed by atoms with Gasteiger partial charge in [0.25, 0.3) is 0 Å². The van der Waals surface area contributed by atoms with Crippen LogP contribution in [0, 0.1) is 11.8 Å². The molecular formula is C15H22F3NO3. The van der Waals surface area contributed by atoms with Crippen molar-refractivity contribution in [3.05, 3.63) is 0 Å². The number of halogens is 3. The molecule has 2 aliphatic carbocycles. The molecule has 0 aromatic rings. The number of hydrogen-bond donors (Lipinski definition) is 2. The van der Waals surface area contributed by atoms with Gasteiger partial charge in [-0.15, -0.1) is 0 Å². The van der Waals surface area contributed by atoms with E-state index in [4.69, 9.17) is 5.11 Å². The highest BCUT2D eigenvalue weighted by Crippen LogP contribution is 2.41. The van der Waals surface area contributed by atoms with E-state index in [2.05, 4.69) is 5.32 Å². The fraction of sp³-hybridized carbons (Fsp3) is 0.867. The fourth-order valence-corrected chi connectivity index (χ4v) is 3.78. The topological polar surface area (TPSA) is 66.4 Å². The number of amides is 1. The Morgan fingerprint density at radius 2 is 1.77 bits per heavy atom. The van der Waals surface area contributed by atoms with Crippen LogP contribution in [0.2, 0.25) is 0 Å². The van der Waals surface area contributed by atoms with E-state index >= 15 is 0 Å². The van der Waals surface area contributed by atoms with Gasteiger partial charge in [0.1, 0.15) is 0 Å². The van der Waals surface area contributed by atoms with Crippen LogP contribution in [0.4, 0.5) is 13.2 Å². The van der Waals surface area contributed by atoms with Gasteiger partial charge in [-0.1, -0.05) is 19.3 Å². The molecule has 2 saturated carbocycles. The first-order valence-electron chi connectivity index (χ1n) is 7.82. The lowest BCUT2D eigenvalue weighted by molar-refractivity contribution is -0.186. The first kappa shape index (κ1) is 17.1. The second-order valence-electron chi connectivity index (χ2n) is 6.65. The second kappa shape index (κ2) is 6.46. The third kappa shape index (κ3) is 4.14. The van der Waals surface area contributed by atoms with Crippen molar-refractivity contribution in [1.82, 2.24) is 5.32 Å². The predicted molar refractivity (Wildman–Crippen MR) is 73.1 cm³/mol. The molecule has 2 N–H and O–H groups in total. The van der Waals surface area contributed by atoms with E-state index in [0.717, 1.165) is 12.8 Å². The Balaban J connectivity index is 1.99. The molecule has 22 heavy (non-hydrogen) atoms. The Morgan fingerprint density at radius 1 is 1.14 bits per heavy atom. The van der Waals surface area contributed by atoms with Crippen LogP contribution in [0.5, 0.6) is 0 Å². The Kier molecular flexibility index (Phi) is 5.02. The number of rotatable bonds is 4. The van der Waals surface area contributed by atoms with Gasteiger partial charge in [-0.25, -0.2) is 0 Å². The van der Waals surface area contributed by atoms with Crippen molar-refractivity contribution in [1.29, 1.82) is 0 Å². The molecule has 0 radical (unpaired) electrons. The summed E-state index contributed by atoms with van der Waals surface area (Å²) in [5.74, 6) is -3.47. The standard InChI is InChI=1S/C15H22F3NO3/c16-15(17,18)11-5-3-4-10(8-11)13(22)19-14(9-12(20)21)6-1-2-7-14/h10-11H,1-9H2,(H,19,22)(H,20,21). The van der Waals surface area contributed by atoms with E-state index in [1.165, 1.54) is 0 Å². The lowest BCUT2D eigenvalue weighted by Gasteiger charge is -2.34. The highest BCUT2D eigenvalue weighted by Gasteiger charge is 2.45. The molecule has 1 amide bonds. The lowest BCUT2D eigenvalue weighted by Crippen LogP contribution is -2.50. The summed E-state index contributed by atoms with van der Waals surface area (Å²) in [6.45, 7) is 0. The van der Waals surface area contributed by atoms with Crippen molar-refractivity contribution in [3.63, 3.8) is 0 Å². The number of nitrogens with one attached hydrogen (secondary N) is 1. The molecule has 4 nitrogen and oxygen atoms in total. The number of aliphatic carboxylic acids is 1. The highest BCUT2D eigenvalue weighted by molar-refractivity contribution is 5.80. The van der Waals surface area contributed by atoms with Gasteiger partial charge < -0.3 is 10.4 Å². The largest absolute Gasteiger partial charge is 0.481 e. The molecule has 0 bridgehead atoms. The summed E-state index contributed by atoms with van der Waals surface area (Å²) < 4.78 is 38.5. The quantitative estimate of drug-likeness (QED) is 0.835. The summed E-state index contributed by atoms with van der Waals surface area (Å²) in [7, 11) is 0. The molecule has 126 valence electrons. The van der Waals surface area contributed by atoms with Crippen LogP contribution in [-0.4, -0.2) is 28.7 Å². The van der Waals surface area contributed by atoms with E-state index in [0.29, 0.717) is 25.7 Å².